The van der Waals surface area contributed by atoms with Crippen LogP contribution >= 0.6 is 23.2 Å². The number of amides is 2. The van der Waals surface area contributed by atoms with Crippen LogP contribution in [0.1, 0.15) is 47.9 Å². The molecule has 0 radical (unpaired) electrons. The summed E-state index contributed by atoms with van der Waals surface area (Å²) in [6.07, 6.45) is 4.79. The predicted octanol–water partition coefficient (Wildman–Crippen LogP) is 6.54. The molecule has 1 fully saturated rings. The van der Waals surface area contributed by atoms with Crippen molar-refractivity contribution in [3.05, 3.63) is 105 Å². The van der Waals surface area contributed by atoms with Gasteiger partial charge >= 0.3 is 0 Å². The van der Waals surface area contributed by atoms with Crippen LogP contribution in [0.4, 0.5) is 0 Å². The SMILES string of the molecule is Cc1cccc(CN(C(=O)Cc2ccc(Cl)c(Cl)c2)C(Cc2ccccc2)C(=O)NC2CCCC2)c1. The molecule has 0 aliphatic heterocycles. The number of halogens is 2. The molecule has 0 aromatic heterocycles. The molecule has 6 heteroatoms. The van der Waals surface area contributed by atoms with Crippen molar-refractivity contribution in [2.75, 3.05) is 0 Å². The molecule has 1 unspecified atom stereocenters. The van der Waals surface area contributed by atoms with E-state index >= 15 is 0 Å². The summed E-state index contributed by atoms with van der Waals surface area (Å²) in [4.78, 5) is 29.3. The molecule has 1 atom stereocenters. The topological polar surface area (TPSA) is 49.4 Å². The molecule has 1 N–H and O–H groups in total. The Labute approximate surface area is 223 Å². The van der Waals surface area contributed by atoms with E-state index in [1.165, 1.54) is 0 Å². The summed E-state index contributed by atoms with van der Waals surface area (Å²) in [5, 5.41) is 4.10. The number of benzene rings is 3. The standard InChI is InChI=1S/C30H32Cl2N2O2/c1-21-8-7-11-24(16-21)20-34(29(35)19-23-14-15-26(31)27(32)17-23)28(18-22-9-3-2-4-10-22)30(36)33-25-12-5-6-13-25/h2-4,7-11,14-17,25,28H,5-6,12-13,18-20H2,1H3,(H,33,36). The first-order valence-corrected chi connectivity index (χ1v) is 13.3. The summed E-state index contributed by atoms with van der Waals surface area (Å²) >= 11 is 12.3. The summed E-state index contributed by atoms with van der Waals surface area (Å²) < 4.78 is 0. The predicted molar refractivity (Wildman–Crippen MR) is 146 cm³/mol. The second-order valence-electron chi connectivity index (χ2n) is 9.63. The average Bonchev–Trinajstić information content (AvgIpc) is 3.37. The molecule has 1 aliphatic carbocycles. The summed E-state index contributed by atoms with van der Waals surface area (Å²) in [6.45, 7) is 2.37. The number of carbonyl (C=O) groups excluding carboxylic acids is 2. The molecule has 0 spiro atoms. The number of rotatable bonds is 9. The Morgan fingerprint density at radius 1 is 0.889 bits per heavy atom. The Hall–Kier alpha value is -2.82. The third-order valence-corrected chi connectivity index (χ3v) is 7.49. The smallest absolute Gasteiger partial charge is 0.243 e. The van der Waals surface area contributed by atoms with Crippen molar-refractivity contribution >= 4 is 35.0 Å². The van der Waals surface area contributed by atoms with Gasteiger partial charge < -0.3 is 10.2 Å². The van der Waals surface area contributed by atoms with Gasteiger partial charge in [-0.05, 0) is 48.6 Å². The molecule has 1 saturated carbocycles. The highest BCUT2D eigenvalue weighted by molar-refractivity contribution is 6.42. The molecule has 0 saturated heterocycles. The average molecular weight is 524 g/mol. The van der Waals surface area contributed by atoms with Crippen LogP contribution in [-0.2, 0) is 29.0 Å². The first kappa shape index (κ1) is 26.2. The third kappa shape index (κ3) is 7.11. The van der Waals surface area contributed by atoms with E-state index in [0.717, 1.165) is 47.9 Å². The van der Waals surface area contributed by atoms with Crippen molar-refractivity contribution in [2.24, 2.45) is 0 Å². The molecule has 4 rings (SSSR count). The second-order valence-corrected chi connectivity index (χ2v) is 10.4. The van der Waals surface area contributed by atoms with E-state index in [1.807, 2.05) is 61.5 Å². The number of aryl methyl sites for hydroxylation is 1. The molecule has 1 aliphatic rings. The number of hydrogen-bond donors (Lipinski definition) is 1. The van der Waals surface area contributed by atoms with Gasteiger partial charge in [0.2, 0.25) is 11.8 Å². The van der Waals surface area contributed by atoms with Crippen molar-refractivity contribution in [2.45, 2.75) is 64.1 Å². The van der Waals surface area contributed by atoms with E-state index in [1.54, 1.807) is 17.0 Å². The minimum Gasteiger partial charge on any atom is -0.352 e. The van der Waals surface area contributed by atoms with Gasteiger partial charge in [0.05, 0.1) is 16.5 Å². The van der Waals surface area contributed by atoms with Crippen LogP contribution in [0, 0.1) is 6.92 Å². The second kappa shape index (κ2) is 12.4. The lowest BCUT2D eigenvalue weighted by Crippen LogP contribution is -2.52. The zero-order valence-corrected chi connectivity index (χ0v) is 22.1. The first-order valence-electron chi connectivity index (χ1n) is 12.5. The van der Waals surface area contributed by atoms with Crippen molar-refractivity contribution in [1.29, 1.82) is 0 Å². The largest absolute Gasteiger partial charge is 0.352 e. The third-order valence-electron chi connectivity index (χ3n) is 6.75. The van der Waals surface area contributed by atoms with E-state index in [2.05, 4.69) is 11.4 Å². The fourth-order valence-electron chi connectivity index (χ4n) is 4.85. The van der Waals surface area contributed by atoms with Gasteiger partial charge in [0, 0.05) is 19.0 Å². The highest BCUT2D eigenvalue weighted by Crippen LogP contribution is 2.24. The van der Waals surface area contributed by atoms with Gasteiger partial charge in [-0.25, -0.2) is 0 Å². The van der Waals surface area contributed by atoms with Crippen LogP contribution in [0.5, 0.6) is 0 Å². The molecule has 188 valence electrons. The Balaban J connectivity index is 1.66. The van der Waals surface area contributed by atoms with Crippen LogP contribution in [0.15, 0.2) is 72.8 Å². The van der Waals surface area contributed by atoms with Gasteiger partial charge in [-0.1, -0.05) is 102 Å². The summed E-state index contributed by atoms with van der Waals surface area (Å²) in [7, 11) is 0. The Bertz CT molecular complexity index is 1190. The highest BCUT2D eigenvalue weighted by Gasteiger charge is 2.32. The molecule has 4 nitrogen and oxygen atoms in total. The molecule has 0 heterocycles. The lowest BCUT2D eigenvalue weighted by molar-refractivity contribution is -0.141. The van der Waals surface area contributed by atoms with Gasteiger partial charge in [0.25, 0.3) is 0 Å². The summed E-state index contributed by atoms with van der Waals surface area (Å²) in [6, 6.07) is 22.7. The Morgan fingerprint density at radius 3 is 2.31 bits per heavy atom. The lowest BCUT2D eigenvalue weighted by atomic mass is 10.0. The number of carbonyl (C=O) groups is 2. The van der Waals surface area contributed by atoms with Crippen LogP contribution in [-0.4, -0.2) is 28.8 Å². The van der Waals surface area contributed by atoms with Crippen molar-refractivity contribution in [3.63, 3.8) is 0 Å². The van der Waals surface area contributed by atoms with Gasteiger partial charge in [0.1, 0.15) is 6.04 Å². The van der Waals surface area contributed by atoms with Gasteiger partial charge in [-0.3, -0.25) is 9.59 Å². The number of nitrogens with zero attached hydrogens (tertiary/aromatic N) is 1. The molecule has 3 aromatic rings. The summed E-state index contributed by atoms with van der Waals surface area (Å²) in [5.41, 5.74) is 3.88. The van der Waals surface area contributed by atoms with Crippen molar-refractivity contribution < 1.29 is 9.59 Å². The molecule has 0 bridgehead atoms. The maximum atomic E-state index is 13.8. The number of hydrogen-bond acceptors (Lipinski definition) is 2. The molecule has 36 heavy (non-hydrogen) atoms. The molecule has 3 aromatic carbocycles. The van der Waals surface area contributed by atoms with E-state index in [4.69, 9.17) is 23.2 Å². The van der Waals surface area contributed by atoms with Crippen LogP contribution in [0.2, 0.25) is 10.0 Å². The Morgan fingerprint density at radius 2 is 1.61 bits per heavy atom. The molecular formula is C30H32Cl2N2O2. The fourth-order valence-corrected chi connectivity index (χ4v) is 5.18. The molecule has 2 amide bonds. The van der Waals surface area contributed by atoms with Gasteiger partial charge in [0.15, 0.2) is 0 Å². The maximum Gasteiger partial charge on any atom is 0.243 e. The maximum absolute atomic E-state index is 13.8. The highest BCUT2D eigenvalue weighted by atomic mass is 35.5. The Kier molecular flexibility index (Phi) is 9.06. The van der Waals surface area contributed by atoms with E-state index in [0.29, 0.717) is 23.0 Å². The van der Waals surface area contributed by atoms with Crippen LogP contribution in [0.25, 0.3) is 0 Å². The lowest BCUT2D eigenvalue weighted by Gasteiger charge is -2.32. The first-order chi connectivity index (χ1) is 17.4. The van der Waals surface area contributed by atoms with Gasteiger partial charge in [-0.15, -0.1) is 0 Å². The minimum absolute atomic E-state index is 0.0964. The monoisotopic (exact) mass is 522 g/mol. The van der Waals surface area contributed by atoms with E-state index < -0.39 is 6.04 Å². The van der Waals surface area contributed by atoms with E-state index in [9.17, 15) is 9.59 Å². The van der Waals surface area contributed by atoms with Crippen molar-refractivity contribution in [1.82, 2.24) is 10.2 Å². The normalized spacial score (nSPS) is 14.4. The van der Waals surface area contributed by atoms with E-state index in [-0.39, 0.29) is 24.3 Å². The minimum atomic E-state index is -0.635. The molecular weight excluding hydrogens is 491 g/mol. The summed E-state index contributed by atoms with van der Waals surface area (Å²) in [5.74, 6) is -0.224. The zero-order valence-electron chi connectivity index (χ0n) is 20.6. The van der Waals surface area contributed by atoms with Gasteiger partial charge in [-0.2, -0.15) is 0 Å². The number of nitrogens with one attached hydrogen (secondary N) is 1. The van der Waals surface area contributed by atoms with Crippen LogP contribution < -0.4 is 5.32 Å². The van der Waals surface area contributed by atoms with Crippen LogP contribution in [0.3, 0.4) is 0 Å². The fraction of sp³-hybridized carbons (Fsp3) is 0.333. The van der Waals surface area contributed by atoms with Crippen molar-refractivity contribution in [3.8, 4) is 0 Å². The quantitative estimate of drug-likeness (QED) is 0.346. The zero-order chi connectivity index (χ0) is 25.5.